The largest absolute Gasteiger partial charge is 0.741 e. The van der Waals surface area contributed by atoms with Gasteiger partial charge >= 0.3 is 5.51 Å². The van der Waals surface area contributed by atoms with E-state index < -0.39 is 15.6 Å². The van der Waals surface area contributed by atoms with E-state index in [2.05, 4.69) is 9.89 Å². The summed E-state index contributed by atoms with van der Waals surface area (Å²) in [5.74, 6) is 1.53. The van der Waals surface area contributed by atoms with Crippen LogP contribution in [0.5, 0.6) is 0 Å². The van der Waals surface area contributed by atoms with E-state index in [0.717, 1.165) is 32.4 Å². The van der Waals surface area contributed by atoms with Gasteiger partial charge < -0.3 is 9.29 Å². The van der Waals surface area contributed by atoms with Crippen molar-refractivity contribution in [2.75, 3.05) is 19.7 Å². The number of ether oxygens (including phenoxy) is 1. The van der Waals surface area contributed by atoms with E-state index in [4.69, 9.17) is 17.7 Å². The van der Waals surface area contributed by atoms with E-state index in [-0.39, 0.29) is 17.4 Å². The lowest BCUT2D eigenvalue weighted by Gasteiger charge is -2.44. The molecule has 0 unspecified atom stereocenters. The summed E-state index contributed by atoms with van der Waals surface area (Å²) >= 11 is 0. The molecule has 2 aliphatic heterocycles. The summed E-state index contributed by atoms with van der Waals surface area (Å²) in [5.41, 5.74) is -5.89. The molecule has 0 saturated heterocycles. The van der Waals surface area contributed by atoms with Crippen LogP contribution in [0.1, 0.15) is 32.6 Å². The van der Waals surface area contributed by atoms with Crippen molar-refractivity contribution in [2.45, 2.75) is 49.8 Å². The summed E-state index contributed by atoms with van der Waals surface area (Å²) in [4.78, 5) is 11.7. The van der Waals surface area contributed by atoms with E-state index in [1.54, 1.807) is 6.08 Å². The van der Waals surface area contributed by atoms with E-state index in [1.165, 1.54) is 5.84 Å². The van der Waals surface area contributed by atoms with Gasteiger partial charge in [-0.3, -0.25) is 14.7 Å². The highest BCUT2D eigenvalue weighted by molar-refractivity contribution is 7.86. The number of fused-ring (bicyclic) bond motifs is 2. The maximum atomic E-state index is 11.7. The molecule has 1 aliphatic carbocycles. The molecule has 26 heavy (non-hydrogen) atoms. The zero-order chi connectivity index (χ0) is 19.6. The number of nitrogens with zero attached hydrogens (tertiary/aromatic N) is 1. The van der Waals surface area contributed by atoms with Crippen LogP contribution in [0, 0.1) is 0 Å². The number of hydrogen-bond acceptors (Lipinski definition) is 6. The molecule has 7 nitrogen and oxygen atoms in total. The number of carbonyl (C=O) groups is 1. The summed E-state index contributed by atoms with van der Waals surface area (Å²) in [6.45, 7) is 4.84. The van der Waals surface area contributed by atoms with Crippen molar-refractivity contribution in [1.82, 2.24) is 5.32 Å². The predicted octanol–water partition coefficient (Wildman–Crippen LogP) is 0.909. The van der Waals surface area contributed by atoms with Crippen LogP contribution in [0.25, 0.3) is 0 Å². The van der Waals surface area contributed by atoms with Gasteiger partial charge in [0.25, 0.3) is 0 Å². The first-order chi connectivity index (χ1) is 12.0. The smallest absolute Gasteiger partial charge is 0.485 e. The van der Waals surface area contributed by atoms with Gasteiger partial charge in [0.15, 0.2) is 15.9 Å². The van der Waals surface area contributed by atoms with E-state index in [9.17, 15) is 18.0 Å². The topological polar surface area (TPSA) is 98.5 Å². The van der Waals surface area contributed by atoms with E-state index in [1.807, 2.05) is 13.0 Å². The van der Waals surface area contributed by atoms with Gasteiger partial charge in [-0.15, -0.1) is 0 Å². The lowest BCUT2D eigenvalue weighted by atomic mass is 9.78. The van der Waals surface area contributed by atoms with E-state index in [0.29, 0.717) is 13.0 Å². The SMILES string of the molecule is CCO[C@]12C=CC(=O)C[C@H]1[N+]1=C(CC2)NCCC1.O=S(=O)([O-])C(F)(F)F. The molecule has 0 saturated carbocycles. The number of ketones is 1. The maximum absolute atomic E-state index is 11.7. The number of allylic oxidation sites excluding steroid dienone is 1. The Balaban J connectivity index is 0.000000260. The molecule has 0 aromatic heterocycles. The summed E-state index contributed by atoms with van der Waals surface area (Å²) < 4.78 is 67.3. The Morgan fingerprint density at radius 2 is 2.12 bits per heavy atom. The molecule has 1 N–H and O–H groups in total. The van der Waals surface area contributed by atoms with Gasteiger partial charge in [0.1, 0.15) is 11.6 Å². The minimum Gasteiger partial charge on any atom is -0.741 e. The number of alkyl halides is 3. The van der Waals surface area contributed by atoms with Crippen LogP contribution >= 0.6 is 0 Å². The predicted molar refractivity (Wildman–Crippen MR) is 84.6 cm³/mol. The van der Waals surface area contributed by atoms with Crippen LogP contribution in [-0.4, -0.2) is 66.0 Å². The maximum Gasteiger partial charge on any atom is 0.485 e. The Bertz CT molecular complexity index is 717. The Morgan fingerprint density at radius 3 is 2.69 bits per heavy atom. The molecule has 3 rings (SSSR count). The van der Waals surface area contributed by atoms with Crippen LogP contribution in [0.4, 0.5) is 13.2 Å². The van der Waals surface area contributed by atoms with E-state index >= 15 is 0 Å². The van der Waals surface area contributed by atoms with Crippen LogP contribution in [0.2, 0.25) is 0 Å². The zero-order valence-corrected chi connectivity index (χ0v) is 15.0. The standard InChI is InChI=1S/C14H20N2O2.CHF3O3S/c1-2-18-14-6-4-11(17)10-12(14)16-9-3-8-15-13(16)5-7-14;2-1(3,4)8(5,6)7/h4,6,12H,2-3,5,7-10H2,1H3;(H,5,6,7)/t12-,14+;/m1./s1. The molecule has 2 atom stereocenters. The Kier molecular flexibility index (Phi) is 6.13. The summed E-state index contributed by atoms with van der Waals surface area (Å²) in [6, 6.07) is 0.187. The highest BCUT2D eigenvalue weighted by Crippen LogP contribution is 2.35. The average Bonchev–Trinajstić information content (AvgIpc) is 2.54. The van der Waals surface area contributed by atoms with Crippen molar-refractivity contribution >= 4 is 21.7 Å². The molecule has 0 radical (unpaired) electrons. The Hall–Kier alpha value is -1.46. The number of carbonyl (C=O) groups excluding carboxylic acids is 1. The minimum atomic E-state index is -6.09. The van der Waals surface area contributed by atoms with Gasteiger partial charge in [0.2, 0.25) is 5.84 Å². The second-order valence-electron chi connectivity index (χ2n) is 6.23. The average molecular weight is 398 g/mol. The number of amidine groups is 1. The second-order valence-corrected chi connectivity index (χ2v) is 7.60. The van der Waals surface area contributed by atoms with Gasteiger partial charge in [-0.1, -0.05) is 0 Å². The fourth-order valence-electron chi connectivity index (χ4n) is 3.49. The number of nitrogens with one attached hydrogen (secondary N) is 1. The normalized spacial score (nSPS) is 28.5. The fourth-order valence-corrected chi connectivity index (χ4v) is 3.49. The third-order valence-electron chi connectivity index (χ3n) is 4.59. The quantitative estimate of drug-likeness (QED) is 0.422. The van der Waals surface area contributed by atoms with Crippen molar-refractivity contribution in [3.63, 3.8) is 0 Å². The van der Waals surface area contributed by atoms with Crippen molar-refractivity contribution < 1.29 is 40.2 Å². The molecule has 0 aromatic rings. The number of halogens is 3. The van der Waals surface area contributed by atoms with Crippen LogP contribution in [0.15, 0.2) is 12.2 Å². The third kappa shape index (κ3) is 4.44. The monoisotopic (exact) mass is 398 g/mol. The molecule has 11 heteroatoms. The zero-order valence-electron chi connectivity index (χ0n) is 14.2. The first kappa shape index (κ1) is 20.8. The molecule has 3 aliphatic rings. The first-order valence-corrected chi connectivity index (χ1v) is 9.65. The molecule has 0 bridgehead atoms. The van der Waals surface area contributed by atoms with Gasteiger partial charge in [0, 0.05) is 13.0 Å². The summed E-state index contributed by atoms with van der Waals surface area (Å²) in [6.07, 6.45) is 7.46. The van der Waals surface area contributed by atoms with Crippen LogP contribution in [-0.2, 0) is 19.6 Å². The number of hydrogen-bond donors (Lipinski definition) is 1. The molecular weight excluding hydrogens is 377 g/mol. The van der Waals surface area contributed by atoms with Gasteiger partial charge in [-0.2, -0.15) is 13.2 Å². The summed E-state index contributed by atoms with van der Waals surface area (Å²) in [7, 11) is -6.09. The number of rotatable bonds is 2. The third-order valence-corrected chi connectivity index (χ3v) is 5.15. The van der Waals surface area contributed by atoms with Crippen LogP contribution in [0.3, 0.4) is 0 Å². The highest BCUT2D eigenvalue weighted by Gasteiger charge is 2.50. The second kappa shape index (κ2) is 7.65. The van der Waals surface area contributed by atoms with Crippen molar-refractivity contribution in [1.29, 1.82) is 0 Å². The molecule has 0 aromatic carbocycles. The van der Waals surface area contributed by atoms with Crippen molar-refractivity contribution in [3.05, 3.63) is 12.2 Å². The summed E-state index contributed by atoms with van der Waals surface area (Å²) in [5, 5.41) is 3.48. The first-order valence-electron chi connectivity index (χ1n) is 8.24. The van der Waals surface area contributed by atoms with Gasteiger partial charge in [-0.05, 0) is 25.5 Å². The van der Waals surface area contributed by atoms with Crippen LogP contribution < -0.4 is 5.32 Å². The fraction of sp³-hybridized carbons (Fsp3) is 0.733. The van der Waals surface area contributed by atoms with Gasteiger partial charge in [-0.25, -0.2) is 8.42 Å². The van der Waals surface area contributed by atoms with Gasteiger partial charge in [0.05, 0.1) is 25.9 Å². The molecule has 2 heterocycles. The molecule has 0 amide bonds. The highest BCUT2D eigenvalue weighted by atomic mass is 32.2. The molecular formula is C15H21F3N2O5S. The molecule has 0 spiro atoms. The minimum absolute atomic E-state index is 0.187. The molecule has 148 valence electrons. The lowest BCUT2D eigenvalue weighted by molar-refractivity contribution is -0.594. The Morgan fingerprint density at radius 1 is 1.46 bits per heavy atom. The molecule has 0 fully saturated rings. The van der Waals surface area contributed by atoms with Crippen molar-refractivity contribution in [3.8, 4) is 0 Å². The van der Waals surface area contributed by atoms with Crippen molar-refractivity contribution in [2.24, 2.45) is 0 Å². The Labute approximate surface area is 149 Å². The lowest BCUT2D eigenvalue weighted by Crippen LogP contribution is -2.60.